The number of nitrogens with zero attached hydrogens (tertiary/aromatic N) is 3. The fraction of sp³-hybridized carbons (Fsp3) is 0.500. The van der Waals surface area contributed by atoms with Gasteiger partial charge in [0.25, 0.3) is 0 Å². The van der Waals surface area contributed by atoms with Gasteiger partial charge >= 0.3 is 12.1 Å². The smallest absolute Gasteiger partial charge is 0.435 e. The molecule has 206 valence electrons. The van der Waals surface area contributed by atoms with E-state index in [9.17, 15) is 9.59 Å². The Morgan fingerprint density at radius 3 is 2.05 bits per heavy atom. The van der Waals surface area contributed by atoms with Crippen molar-refractivity contribution in [1.82, 2.24) is 9.78 Å². The maximum atomic E-state index is 13.4. The second kappa shape index (κ2) is 10.8. The fourth-order valence-corrected chi connectivity index (χ4v) is 4.73. The van der Waals surface area contributed by atoms with Crippen LogP contribution in [-0.2, 0) is 19.7 Å². The molecule has 38 heavy (non-hydrogen) atoms. The first-order valence-corrected chi connectivity index (χ1v) is 13.1. The summed E-state index contributed by atoms with van der Waals surface area (Å²) >= 11 is 0. The van der Waals surface area contributed by atoms with Gasteiger partial charge in [-0.25, -0.2) is 4.79 Å². The molecule has 0 aliphatic rings. The Balaban J connectivity index is 2.07. The molecule has 0 aliphatic carbocycles. The van der Waals surface area contributed by atoms with Gasteiger partial charge in [-0.1, -0.05) is 37.3 Å². The molecule has 0 bridgehead atoms. The predicted octanol–water partition coefficient (Wildman–Crippen LogP) is 5.89. The molecule has 1 atom stereocenters. The third-order valence-corrected chi connectivity index (χ3v) is 6.45. The van der Waals surface area contributed by atoms with Crippen molar-refractivity contribution in [3.63, 3.8) is 0 Å². The van der Waals surface area contributed by atoms with Crippen molar-refractivity contribution in [3.8, 4) is 11.1 Å². The van der Waals surface area contributed by atoms with E-state index in [4.69, 9.17) is 15.2 Å². The van der Waals surface area contributed by atoms with Crippen LogP contribution in [0.3, 0.4) is 0 Å². The third kappa shape index (κ3) is 6.01. The highest BCUT2D eigenvalue weighted by Gasteiger charge is 2.41. The number of hydrogen-bond donors (Lipinski definition) is 1. The van der Waals surface area contributed by atoms with Gasteiger partial charge in [0, 0.05) is 25.0 Å². The first kappa shape index (κ1) is 29.2. The molecule has 0 amide bonds. The maximum absolute atomic E-state index is 13.4. The van der Waals surface area contributed by atoms with Gasteiger partial charge in [-0.3, -0.25) is 4.79 Å². The summed E-state index contributed by atoms with van der Waals surface area (Å²) in [6.07, 6.45) is 2.25. The minimum absolute atomic E-state index is 0.254. The van der Waals surface area contributed by atoms with Gasteiger partial charge in [-0.15, -0.1) is 0 Å². The highest BCUT2D eigenvalue weighted by molar-refractivity contribution is 6.02. The Morgan fingerprint density at radius 2 is 1.55 bits per heavy atom. The number of hydrogen-bond acceptors (Lipinski definition) is 7. The van der Waals surface area contributed by atoms with Crippen LogP contribution in [0.15, 0.2) is 42.6 Å². The Hall–Kier alpha value is -3.39. The number of benzene rings is 2. The van der Waals surface area contributed by atoms with E-state index in [0.717, 1.165) is 27.8 Å². The number of fused-ring (bicyclic) bond motifs is 1. The molecular weight excluding hydrogens is 480 g/mol. The normalized spacial score (nSPS) is 13.7. The van der Waals surface area contributed by atoms with Gasteiger partial charge in [-0.05, 0) is 78.1 Å². The third-order valence-electron chi connectivity index (χ3n) is 6.45. The molecule has 0 fully saturated rings. The van der Waals surface area contributed by atoms with E-state index in [2.05, 4.69) is 5.10 Å². The molecule has 8 heteroatoms. The Kier molecular flexibility index (Phi) is 8.27. The zero-order valence-electron chi connectivity index (χ0n) is 24.2. The number of aromatic nitrogens is 2. The maximum Gasteiger partial charge on any atom is 0.435 e. The largest absolute Gasteiger partial charge is 0.459 e. The first-order chi connectivity index (χ1) is 17.6. The highest BCUT2D eigenvalue weighted by atomic mass is 16.6. The van der Waals surface area contributed by atoms with Gasteiger partial charge in [-0.2, -0.15) is 9.78 Å². The molecule has 2 N–H and O–H groups in total. The summed E-state index contributed by atoms with van der Waals surface area (Å²) in [6.45, 7) is 13.5. The number of carbonyl (C=O) groups is 2. The number of ether oxygens (including phenoxy) is 2. The molecule has 1 heterocycles. The lowest BCUT2D eigenvalue weighted by atomic mass is 9.75. The Labute approximate surface area is 226 Å². The van der Waals surface area contributed by atoms with E-state index in [-0.39, 0.29) is 5.97 Å². The summed E-state index contributed by atoms with van der Waals surface area (Å²) in [5, 5.41) is 5.17. The second-order valence-corrected chi connectivity index (χ2v) is 11.9. The van der Waals surface area contributed by atoms with Crippen molar-refractivity contribution in [2.24, 2.45) is 5.73 Å². The minimum Gasteiger partial charge on any atom is -0.459 e. The predicted molar refractivity (Wildman–Crippen MR) is 153 cm³/mol. The molecule has 3 aromatic rings. The standard InChI is InChI=1S/C30H42N4O4/c1-10-30(17-18-31,26(35)37-28(2,3)4)21-13-11-20(12-14-21)22-15-16-24-23(25(22)33(8)9)19-32-34(24)27(36)38-29(5,6)7/h11-16,19H,10,17-18,31H2,1-9H3. The molecule has 2 aromatic carbocycles. The molecule has 0 saturated heterocycles. The van der Waals surface area contributed by atoms with E-state index >= 15 is 0 Å². The number of esters is 1. The summed E-state index contributed by atoms with van der Waals surface area (Å²) in [5.74, 6) is -0.254. The first-order valence-electron chi connectivity index (χ1n) is 13.1. The zero-order chi connectivity index (χ0) is 28.5. The van der Waals surface area contributed by atoms with Crippen LogP contribution in [0, 0.1) is 0 Å². The summed E-state index contributed by atoms with van der Waals surface area (Å²) in [7, 11) is 3.92. The molecule has 8 nitrogen and oxygen atoms in total. The van der Waals surface area contributed by atoms with Gasteiger partial charge < -0.3 is 20.1 Å². The quantitative estimate of drug-likeness (QED) is 0.386. The average molecular weight is 523 g/mol. The van der Waals surface area contributed by atoms with Crippen molar-refractivity contribution < 1.29 is 19.1 Å². The summed E-state index contributed by atoms with van der Waals surface area (Å²) in [6, 6.07) is 11.9. The van der Waals surface area contributed by atoms with Crippen LogP contribution in [-0.4, -0.2) is 53.7 Å². The van der Waals surface area contributed by atoms with E-state index in [1.807, 2.05) is 104 Å². The van der Waals surface area contributed by atoms with Crippen LogP contribution in [0.1, 0.15) is 66.9 Å². The van der Waals surface area contributed by atoms with Gasteiger partial charge in [0.1, 0.15) is 11.2 Å². The van der Waals surface area contributed by atoms with Crippen molar-refractivity contribution in [1.29, 1.82) is 0 Å². The Bertz CT molecular complexity index is 1300. The number of carbonyl (C=O) groups excluding carboxylic acids is 2. The van der Waals surface area contributed by atoms with Crippen LogP contribution in [0.25, 0.3) is 22.0 Å². The lowest BCUT2D eigenvalue weighted by Gasteiger charge is -2.34. The van der Waals surface area contributed by atoms with Gasteiger partial charge in [0.05, 0.1) is 22.8 Å². The summed E-state index contributed by atoms with van der Waals surface area (Å²) in [4.78, 5) is 28.1. The van der Waals surface area contributed by atoms with Crippen molar-refractivity contribution >= 4 is 28.7 Å². The molecule has 0 saturated carbocycles. The lowest BCUT2D eigenvalue weighted by Crippen LogP contribution is -2.42. The monoisotopic (exact) mass is 522 g/mol. The van der Waals surface area contributed by atoms with E-state index in [0.29, 0.717) is 24.9 Å². The van der Waals surface area contributed by atoms with Crippen molar-refractivity contribution in [3.05, 3.63) is 48.2 Å². The molecule has 0 aliphatic heterocycles. The summed E-state index contributed by atoms with van der Waals surface area (Å²) < 4.78 is 12.6. The topological polar surface area (TPSA) is 99.7 Å². The van der Waals surface area contributed by atoms with E-state index < -0.39 is 22.7 Å². The molecule has 1 unspecified atom stereocenters. The lowest BCUT2D eigenvalue weighted by molar-refractivity contribution is -0.162. The van der Waals surface area contributed by atoms with Gasteiger partial charge in [0.2, 0.25) is 0 Å². The molecule has 0 radical (unpaired) electrons. The van der Waals surface area contributed by atoms with Crippen LogP contribution in [0.2, 0.25) is 0 Å². The number of rotatable bonds is 7. The van der Waals surface area contributed by atoms with Crippen LogP contribution in [0.5, 0.6) is 0 Å². The molecule has 1 aromatic heterocycles. The number of nitrogens with two attached hydrogens (primary N) is 1. The average Bonchev–Trinajstić information content (AvgIpc) is 3.24. The molecular formula is C30H42N4O4. The van der Waals surface area contributed by atoms with Crippen LogP contribution in [0.4, 0.5) is 10.5 Å². The van der Waals surface area contributed by atoms with Crippen LogP contribution < -0.4 is 10.6 Å². The molecule has 0 spiro atoms. The SMILES string of the molecule is CCC(CCN)(C(=O)OC(C)(C)C)c1ccc(-c2ccc3c(cnn3C(=O)OC(C)(C)C)c2N(C)C)cc1. The fourth-order valence-electron chi connectivity index (χ4n) is 4.73. The van der Waals surface area contributed by atoms with Crippen LogP contribution >= 0.6 is 0 Å². The van der Waals surface area contributed by atoms with E-state index in [1.54, 1.807) is 6.20 Å². The minimum atomic E-state index is -0.816. The molecule has 3 rings (SSSR count). The zero-order valence-corrected chi connectivity index (χ0v) is 24.2. The van der Waals surface area contributed by atoms with E-state index in [1.165, 1.54) is 4.68 Å². The van der Waals surface area contributed by atoms with Gasteiger partial charge in [0.15, 0.2) is 0 Å². The van der Waals surface area contributed by atoms with Crippen molar-refractivity contribution in [2.45, 2.75) is 77.9 Å². The highest BCUT2D eigenvalue weighted by Crippen LogP contribution is 2.39. The Morgan fingerprint density at radius 1 is 0.947 bits per heavy atom. The second-order valence-electron chi connectivity index (χ2n) is 11.9. The number of anilines is 1. The van der Waals surface area contributed by atoms with Crippen molar-refractivity contribution in [2.75, 3.05) is 25.5 Å². The summed E-state index contributed by atoms with van der Waals surface area (Å²) in [5.41, 5.74) is 8.37.